The van der Waals surface area contributed by atoms with Gasteiger partial charge in [-0.2, -0.15) is 5.26 Å². The molecular formula is C18H18N4O2S. The summed E-state index contributed by atoms with van der Waals surface area (Å²) in [6, 6.07) is 12.2. The number of nitrogens with one attached hydrogen (secondary N) is 2. The van der Waals surface area contributed by atoms with Crippen LogP contribution in [0.4, 0.5) is 5.69 Å². The van der Waals surface area contributed by atoms with Crippen LogP contribution in [0.15, 0.2) is 47.5 Å². The van der Waals surface area contributed by atoms with E-state index in [0.29, 0.717) is 29.7 Å². The lowest BCUT2D eigenvalue weighted by Gasteiger charge is -2.11. The maximum Gasteiger partial charge on any atom is 0.261 e. The van der Waals surface area contributed by atoms with E-state index in [9.17, 15) is 13.7 Å². The van der Waals surface area contributed by atoms with Crippen LogP contribution in [0.25, 0.3) is 10.9 Å². The number of nitrogens with zero attached hydrogens (tertiary/aromatic N) is 1. The van der Waals surface area contributed by atoms with Crippen LogP contribution < -0.4 is 10.5 Å². The van der Waals surface area contributed by atoms with Crippen LogP contribution in [-0.4, -0.2) is 19.9 Å². The second-order valence-electron chi connectivity index (χ2n) is 5.78. The van der Waals surface area contributed by atoms with Crippen LogP contribution >= 0.6 is 0 Å². The minimum atomic E-state index is -3.73. The number of H-pyrrole nitrogens is 1. The van der Waals surface area contributed by atoms with Gasteiger partial charge in [0.25, 0.3) is 10.0 Å². The summed E-state index contributed by atoms with van der Waals surface area (Å²) >= 11 is 0. The molecule has 25 heavy (non-hydrogen) atoms. The van der Waals surface area contributed by atoms with E-state index in [1.807, 2.05) is 6.92 Å². The lowest BCUT2D eigenvalue weighted by molar-refractivity contribution is 0.601. The average molecular weight is 354 g/mol. The Kier molecular flexibility index (Phi) is 4.49. The third-order valence-electron chi connectivity index (χ3n) is 4.08. The molecule has 4 N–H and O–H groups in total. The molecule has 6 nitrogen and oxygen atoms in total. The summed E-state index contributed by atoms with van der Waals surface area (Å²) in [6.45, 7) is 2.39. The van der Waals surface area contributed by atoms with E-state index >= 15 is 0 Å². The van der Waals surface area contributed by atoms with Crippen LogP contribution in [0.1, 0.15) is 16.7 Å². The molecule has 0 saturated carbocycles. The number of benzene rings is 2. The molecule has 0 amide bonds. The molecule has 7 heteroatoms. The first kappa shape index (κ1) is 17.0. The largest absolute Gasteiger partial charge is 0.358 e. The number of aromatic amines is 1. The van der Waals surface area contributed by atoms with Crippen molar-refractivity contribution in [1.29, 1.82) is 5.26 Å². The van der Waals surface area contributed by atoms with E-state index in [1.54, 1.807) is 42.6 Å². The van der Waals surface area contributed by atoms with E-state index in [0.717, 1.165) is 16.5 Å². The van der Waals surface area contributed by atoms with Crippen molar-refractivity contribution in [2.75, 3.05) is 11.3 Å². The van der Waals surface area contributed by atoms with Crippen molar-refractivity contribution in [3.8, 4) is 6.07 Å². The highest BCUT2D eigenvalue weighted by atomic mass is 32.2. The molecule has 1 heterocycles. The summed E-state index contributed by atoms with van der Waals surface area (Å²) in [5.41, 5.74) is 8.89. The molecule has 3 rings (SSSR count). The first-order chi connectivity index (χ1) is 12.0. The number of aryl methyl sites for hydroxylation is 1. The fourth-order valence-electron chi connectivity index (χ4n) is 2.80. The fraction of sp³-hybridized carbons (Fsp3) is 0.167. The zero-order valence-corrected chi connectivity index (χ0v) is 14.5. The second kappa shape index (κ2) is 6.59. The van der Waals surface area contributed by atoms with E-state index < -0.39 is 10.0 Å². The first-order valence-corrected chi connectivity index (χ1v) is 9.27. The third kappa shape index (κ3) is 3.22. The average Bonchev–Trinajstić information content (AvgIpc) is 3.03. The molecule has 0 unspecified atom stereocenters. The maximum atomic E-state index is 12.7. The second-order valence-corrected chi connectivity index (χ2v) is 7.46. The zero-order valence-electron chi connectivity index (χ0n) is 13.7. The van der Waals surface area contributed by atoms with Gasteiger partial charge < -0.3 is 10.7 Å². The summed E-state index contributed by atoms with van der Waals surface area (Å²) in [6.07, 6.45) is 2.28. The van der Waals surface area contributed by atoms with Gasteiger partial charge in [0.05, 0.1) is 21.7 Å². The maximum absolute atomic E-state index is 12.7. The molecule has 0 radical (unpaired) electrons. The summed E-state index contributed by atoms with van der Waals surface area (Å²) in [5, 5.41) is 9.93. The Morgan fingerprint density at radius 2 is 1.92 bits per heavy atom. The normalized spacial score (nSPS) is 11.4. The topological polar surface area (TPSA) is 112 Å². The number of anilines is 1. The summed E-state index contributed by atoms with van der Waals surface area (Å²) in [5.74, 6) is 0. The Bertz CT molecular complexity index is 1060. The van der Waals surface area contributed by atoms with Crippen molar-refractivity contribution in [2.45, 2.75) is 18.2 Å². The van der Waals surface area contributed by atoms with Gasteiger partial charge in [0.1, 0.15) is 6.07 Å². The Morgan fingerprint density at radius 3 is 2.56 bits per heavy atom. The monoisotopic (exact) mass is 354 g/mol. The quantitative estimate of drug-likeness (QED) is 0.654. The predicted octanol–water partition coefficient (Wildman–Crippen LogP) is 2.65. The van der Waals surface area contributed by atoms with Crippen LogP contribution in [0.5, 0.6) is 0 Å². The molecule has 0 atom stereocenters. The number of fused-ring (bicyclic) bond motifs is 1. The van der Waals surface area contributed by atoms with Crippen molar-refractivity contribution in [3.63, 3.8) is 0 Å². The lowest BCUT2D eigenvalue weighted by Crippen LogP contribution is -2.13. The Morgan fingerprint density at radius 1 is 1.20 bits per heavy atom. The van der Waals surface area contributed by atoms with Crippen molar-refractivity contribution < 1.29 is 8.42 Å². The highest BCUT2D eigenvalue weighted by Crippen LogP contribution is 2.30. The molecule has 2 aromatic carbocycles. The van der Waals surface area contributed by atoms with Crippen molar-refractivity contribution >= 4 is 26.6 Å². The van der Waals surface area contributed by atoms with E-state index in [4.69, 9.17) is 5.73 Å². The highest BCUT2D eigenvalue weighted by Gasteiger charge is 2.17. The molecular weight excluding hydrogens is 336 g/mol. The van der Waals surface area contributed by atoms with Crippen LogP contribution in [0, 0.1) is 18.3 Å². The lowest BCUT2D eigenvalue weighted by atomic mass is 10.1. The SMILES string of the molecule is Cc1ccc(NS(=O)(=O)c2ccc(CCN)cc2)c2[nH]cc(C#N)c12. The molecule has 3 aromatic rings. The van der Waals surface area contributed by atoms with Gasteiger partial charge in [-0.1, -0.05) is 18.2 Å². The van der Waals surface area contributed by atoms with Gasteiger partial charge in [-0.15, -0.1) is 0 Å². The molecule has 0 aliphatic rings. The number of aromatic nitrogens is 1. The number of rotatable bonds is 5. The van der Waals surface area contributed by atoms with E-state index in [-0.39, 0.29) is 4.90 Å². The third-order valence-corrected chi connectivity index (χ3v) is 5.46. The number of hydrogen-bond donors (Lipinski definition) is 3. The van der Waals surface area contributed by atoms with Gasteiger partial charge in [-0.3, -0.25) is 4.72 Å². The molecule has 0 aliphatic heterocycles. The predicted molar refractivity (Wildman–Crippen MR) is 97.8 cm³/mol. The van der Waals surface area contributed by atoms with Crippen LogP contribution in [0.3, 0.4) is 0 Å². The Balaban J connectivity index is 1.99. The van der Waals surface area contributed by atoms with Gasteiger partial charge in [0.2, 0.25) is 0 Å². The number of sulfonamides is 1. The molecule has 0 saturated heterocycles. The highest BCUT2D eigenvalue weighted by molar-refractivity contribution is 7.92. The molecule has 0 bridgehead atoms. The number of nitriles is 1. The first-order valence-electron chi connectivity index (χ1n) is 7.79. The van der Waals surface area contributed by atoms with Crippen molar-refractivity contribution in [2.24, 2.45) is 5.73 Å². The van der Waals surface area contributed by atoms with Gasteiger partial charge in [0, 0.05) is 11.6 Å². The van der Waals surface area contributed by atoms with Gasteiger partial charge in [0.15, 0.2) is 0 Å². The molecule has 0 aliphatic carbocycles. The van der Waals surface area contributed by atoms with Crippen LogP contribution in [0.2, 0.25) is 0 Å². The minimum absolute atomic E-state index is 0.175. The van der Waals surface area contributed by atoms with Crippen LogP contribution in [-0.2, 0) is 16.4 Å². The zero-order chi connectivity index (χ0) is 18.0. The van der Waals surface area contributed by atoms with E-state index in [1.165, 1.54) is 0 Å². The number of hydrogen-bond acceptors (Lipinski definition) is 4. The fourth-order valence-corrected chi connectivity index (χ4v) is 3.87. The van der Waals surface area contributed by atoms with Crippen molar-refractivity contribution in [1.82, 2.24) is 4.98 Å². The van der Waals surface area contributed by atoms with Crippen molar-refractivity contribution in [3.05, 3.63) is 59.3 Å². The van der Waals surface area contributed by atoms with Gasteiger partial charge in [-0.25, -0.2) is 8.42 Å². The smallest absolute Gasteiger partial charge is 0.261 e. The van der Waals surface area contributed by atoms with Gasteiger partial charge in [-0.05, 0) is 49.2 Å². The summed E-state index contributed by atoms with van der Waals surface area (Å²) in [4.78, 5) is 3.16. The molecule has 0 spiro atoms. The summed E-state index contributed by atoms with van der Waals surface area (Å²) in [7, 11) is -3.73. The van der Waals surface area contributed by atoms with Gasteiger partial charge >= 0.3 is 0 Å². The van der Waals surface area contributed by atoms with E-state index in [2.05, 4.69) is 15.8 Å². The minimum Gasteiger partial charge on any atom is -0.358 e. The molecule has 0 fully saturated rings. The Hall–Kier alpha value is -2.82. The standard InChI is InChI=1S/C18H18N4O2S/c1-12-2-7-16(18-17(12)14(10-20)11-21-18)22-25(23,24)15-5-3-13(4-6-15)8-9-19/h2-7,11,21-22H,8-9,19H2,1H3. The number of nitrogens with two attached hydrogens (primary N) is 1. The summed E-state index contributed by atoms with van der Waals surface area (Å²) < 4.78 is 27.9. The Labute approximate surface area is 146 Å². The molecule has 1 aromatic heterocycles. The molecule has 128 valence electrons.